The molecule has 1 aliphatic rings. The van der Waals surface area contributed by atoms with Gasteiger partial charge in [0.25, 0.3) is 0 Å². The van der Waals surface area contributed by atoms with E-state index in [2.05, 4.69) is 21.2 Å². The van der Waals surface area contributed by atoms with Crippen molar-refractivity contribution in [2.75, 3.05) is 26.7 Å². The van der Waals surface area contributed by atoms with Crippen LogP contribution in [0.15, 0.2) is 21.5 Å². The molecule has 0 aliphatic carbocycles. The zero-order valence-corrected chi connectivity index (χ0v) is 15.3. The summed E-state index contributed by atoms with van der Waals surface area (Å²) in [5.74, 6) is 0.272. The average Bonchev–Trinajstić information content (AvgIpc) is 2.37. The SMILES string of the molecule is COc1c(Br)cc(Cl)cc1S(=O)(=O)N1CCNCC1(C)C. The Morgan fingerprint density at radius 2 is 2.10 bits per heavy atom. The molecule has 1 aromatic carbocycles. The summed E-state index contributed by atoms with van der Waals surface area (Å²) < 4.78 is 33.3. The number of piperazine rings is 1. The van der Waals surface area contributed by atoms with Gasteiger partial charge in [-0.3, -0.25) is 0 Å². The first kappa shape index (κ1) is 17.0. The molecule has 0 atom stereocenters. The third kappa shape index (κ3) is 3.22. The first-order chi connectivity index (χ1) is 9.70. The number of hydrogen-bond acceptors (Lipinski definition) is 4. The van der Waals surface area contributed by atoms with E-state index in [-0.39, 0.29) is 10.6 Å². The summed E-state index contributed by atoms with van der Waals surface area (Å²) in [6.45, 7) is 5.40. The van der Waals surface area contributed by atoms with Gasteiger partial charge in [0.2, 0.25) is 10.0 Å². The molecule has 1 aliphatic heterocycles. The Labute approximate surface area is 138 Å². The molecular formula is C13H18BrClN2O3S. The van der Waals surface area contributed by atoms with Crippen molar-refractivity contribution in [3.05, 3.63) is 21.6 Å². The number of nitrogens with zero attached hydrogens (tertiary/aromatic N) is 1. The van der Waals surface area contributed by atoms with Crippen LogP contribution in [0, 0.1) is 0 Å². The van der Waals surface area contributed by atoms with Crippen molar-refractivity contribution < 1.29 is 13.2 Å². The van der Waals surface area contributed by atoms with Crippen molar-refractivity contribution in [1.82, 2.24) is 9.62 Å². The van der Waals surface area contributed by atoms with Crippen LogP contribution in [0.25, 0.3) is 0 Å². The number of benzene rings is 1. The molecule has 2 rings (SSSR count). The Morgan fingerprint density at radius 3 is 2.67 bits per heavy atom. The fourth-order valence-electron chi connectivity index (χ4n) is 2.46. The van der Waals surface area contributed by atoms with Gasteiger partial charge in [0, 0.05) is 30.2 Å². The van der Waals surface area contributed by atoms with Gasteiger partial charge in [-0.05, 0) is 41.9 Å². The zero-order valence-electron chi connectivity index (χ0n) is 12.1. The maximum atomic E-state index is 13.0. The molecule has 21 heavy (non-hydrogen) atoms. The summed E-state index contributed by atoms with van der Waals surface area (Å²) in [4.78, 5) is 0.0827. The van der Waals surface area contributed by atoms with E-state index in [9.17, 15) is 8.42 Å². The smallest absolute Gasteiger partial charge is 0.247 e. The molecule has 0 radical (unpaired) electrons. The van der Waals surface area contributed by atoms with Crippen LogP contribution in [0.4, 0.5) is 0 Å². The first-order valence-corrected chi connectivity index (χ1v) is 9.08. The lowest BCUT2D eigenvalue weighted by Crippen LogP contribution is -2.59. The van der Waals surface area contributed by atoms with E-state index in [0.717, 1.165) is 0 Å². The van der Waals surface area contributed by atoms with Crippen molar-refractivity contribution >= 4 is 37.6 Å². The van der Waals surface area contributed by atoms with E-state index in [1.54, 1.807) is 6.07 Å². The summed E-state index contributed by atoms with van der Waals surface area (Å²) in [6.07, 6.45) is 0. The Hall–Kier alpha value is -0.340. The van der Waals surface area contributed by atoms with Crippen molar-refractivity contribution in [2.45, 2.75) is 24.3 Å². The van der Waals surface area contributed by atoms with Gasteiger partial charge in [0.05, 0.1) is 11.6 Å². The van der Waals surface area contributed by atoms with Crippen molar-refractivity contribution in [3.8, 4) is 5.75 Å². The van der Waals surface area contributed by atoms with Crippen LogP contribution in [-0.2, 0) is 10.0 Å². The highest BCUT2D eigenvalue weighted by atomic mass is 79.9. The minimum atomic E-state index is -3.70. The van der Waals surface area contributed by atoms with Crippen LogP contribution in [0.2, 0.25) is 5.02 Å². The predicted molar refractivity (Wildman–Crippen MR) is 86.5 cm³/mol. The number of methoxy groups -OCH3 is 1. The summed E-state index contributed by atoms with van der Waals surface area (Å²) in [5.41, 5.74) is -0.517. The number of halogens is 2. The number of sulfonamides is 1. The molecule has 0 unspecified atom stereocenters. The Balaban J connectivity index is 2.59. The molecule has 5 nitrogen and oxygen atoms in total. The summed E-state index contributed by atoms with van der Waals surface area (Å²) in [5, 5.41) is 3.55. The van der Waals surface area contributed by atoms with E-state index in [0.29, 0.717) is 29.1 Å². The van der Waals surface area contributed by atoms with Crippen LogP contribution in [-0.4, -0.2) is 45.0 Å². The second-order valence-corrected chi connectivity index (χ2v) is 8.61. The van der Waals surface area contributed by atoms with E-state index in [4.69, 9.17) is 16.3 Å². The van der Waals surface area contributed by atoms with Crippen LogP contribution < -0.4 is 10.1 Å². The number of nitrogens with one attached hydrogen (secondary N) is 1. The third-order valence-corrected chi connectivity index (χ3v) is 6.39. The fourth-order valence-corrected chi connectivity index (χ4v) is 5.61. The molecule has 118 valence electrons. The summed E-state index contributed by atoms with van der Waals surface area (Å²) in [7, 11) is -2.26. The lowest BCUT2D eigenvalue weighted by molar-refractivity contribution is 0.185. The van der Waals surface area contributed by atoms with Crippen molar-refractivity contribution in [1.29, 1.82) is 0 Å². The third-order valence-electron chi connectivity index (χ3n) is 3.47. The number of ether oxygens (including phenoxy) is 1. The normalized spacial score (nSPS) is 19.5. The molecule has 1 saturated heterocycles. The molecule has 0 aromatic heterocycles. The predicted octanol–water partition coefficient (Wildman–Crippen LogP) is 2.48. The second kappa shape index (κ2) is 6.04. The largest absolute Gasteiger partial charge is 0.494 e. The van der Waals surface area contributed by atoms with E-state index >= 15 is 0 Å². The Morgan fingerprint density at radius 1 is 1.43 bits per heavy atom. The zero-order chi connectivity index (χ0) is 15.8. The van der Waals surface area contributed by atoms with E-state index in [1.165, 1.54) is 17.5 Å². The van der Waals surface area contributed by atoms with Gasteiger partial charge in [0.15, 0.2) is 5.75 Å². The first-order valence-electron chi connectivity index (χ1n) is 6.47. The number of rotatable bonds is 3. The van der Waals surface area contributed by atoms with Crippen molar-refractivity contribution in [2.24, 2.45) is 0 Å². The molecule has 1 heterocycles. The minimum Gasteiger partial charge on any atom is -0.494 e. The van der Waals surface area contributed by atoms with Crippen LogP contribution in [0.5, 0.6) is 5.75 Å². The van der Waals surface area contributed by atoms with Crippen molar-refractivity contribution in [3.63, 3.8) is 0 Å². The average molecular weight is 398 g/mol. The number of hydrogen-bond donors (Lipinski definition) is 1. The molecule has 1 N–H and O–H groups in total. The van der Waals surface area contributed by atoms with Crippen LogP contribution in [0.1, 0.15) is 13.8 Å². The van der Waals surface area contributed by atoms with Gasteiger partial charge >= 0.3 is 0 Å². The Bertz CT molecular complexity index is 649. The molecule has 0 bridgehead atoms. The highest BCUT2D eigenvalue weighted by Crippen LogP contribution is 2.38. The minimum absolute atomic E-state index is 0.0827. The van der Waals surface area contributed by atoms with Gasteiger partial charge in [-0.25, -0.2) is 8.42 Å². The maximum Gasteiger partial charge on any atom is 0.247 e. The summed E-state index contributed by atoms with van der Waals surface area (Å²) in [6, 6.07) is 3.04. The highest BCUT2D eigenvalue weighted by Gasteiger charge is 2.40. The summed E-state index contributed by atoms with van der Waals surface area (Å²) >= 11 is 9.31. The van der Waals surface area contributed by atoms with Crippen LogP contribution >= 0.6 is 27.5 Å². The van der Waals surface area contributed by atoms with Gasteiger partial charge in [-0.2, -0.15) is 4.31 Å². The molecule has 0 saturated carbocycles. The maximum absolute atomic E-state index is 13.0. The van der Waals surface area contributed by atoms with Gasteiger partial charge < -0.3 is 10.1 Å². The van der Waals surface area contributed by atoms with Gasteiger partial charge in [-0.15, -0.1) is 0 Å². The standard InChI is InChI=1S/C13H18BrClN2O3S/c1-13(2)8-16-4-5-17(13)21(18,19)11-7-9(15)6-10(14)12(11)20-3/h6-7,16H,4-5,8H2,1-3H3. The molecule has 0 spiro atoms. The molecule has 0 amide bonds. The molecule has 1 fully saturated rings. The van der Waals surface area contributed by atoms with E-state index in [1.807, 2.05) is 13.8 Å². The van der Waals surface area contributed by atoms with Gasteiger partial charge in [0.1, 0.15) is 4.90 Å². The lowest BCUT2D eigenvalue weighted by atomic mass is 10.0. The molecule has 1 aromatic rings. The monoisotopic (exact) mass is 396 g/mol. The molecule has 8 heteroatoms. The Kier molecular flexibility index (Phi) is 4.90. The van der Waals surface area contributed by atoms with Crippen LogP contribution in [0.3, 0.4) is 0 Å². The topological polar surface area (TPSA) is 58.6 Å². The second-order valence-electron chi connectivity index (χ2n) is 5.49. The lowest BCUT2D eigenvalue weighted by Gasteiger charge is -2.41. The quantitative estimate of drug-likeness (QED) is 0.851. The van der Waals surface area contributed by atoms with Gasteiger partial charge in [-0.1, -0.05) is 11.6 Å². The fraction of sp³-hybridized carbons (Fsp3) is 0.538. The van der Waals surface area contributed by atoms with E-state index < -0.39 is 15.6 Å². The molecular weight excluding hydrogens is 380 g/mol. The highest BCUT2D eigenvalue weighted by molar-refractivity contribution is 9.10.